The van der Waals surface area contributed by atoms with Crippen LogP contribution in [0, 0.1) is 19.8 Å². The van der Waals surface area contributed by atoms with Gasteiger partial charge >= 0.3 is 0 Å². The number of ether oxygens (including phenoxy) is 2. The second-order valence-corrected chi connectivity index (χ2v) is 6.18. The third-order valence-corrected chi connectivity index (χ3v) is 4.30. The van der Waals surface area contributed by atoms with Crippen molar-refractivity contribution in [3.05, 3.63) is 23.3 Å². The fraction of sp³-hybridized carbons (Fsp3) is 0.750. The Hall–Kier alpha value is -1.04. The predicted octanol–water partition coefficient (Wildman–Crippen LogP) is 1.89. The highest BCUT2D eigenvalue weighted by atomic mass is 16.5. The van der Waals surface area contributed by atoms with Gasteiger partial charge in [-0.2, -0.15) is 0 Å². The van der Waals surface area contributed by atoms with Crippen LogP contribution in [0.4, 0.5) is 0 Å². The maximum atomic E-state index is 5.90. The zero-order valence-electron chi connectivity index (χ0n) is 13.0. The van der Waals surface area contributed by atoms with E-state index in [1.165, 1.54) is 12.8 Å². The van der Waals surface area contributed by atoms with Crippen molar-refractivity contribution in [2.75, 3.05) is 39.5 Å². The quantitative estimate of drug-likeness (QED) is 0.851. The summed E-state index contributed by atoms with van der Waals surface area (Å²) in [7, 11) is 0. The van der Waals surface area contributed by atoms with Crippen LogP contribution in [0.5, 0.6) is 0 Å². The van der Waals surface area contributed by atoms with E-state index in [9.17, 15) is 0 Å². The molecule has 2 aliphatic rings. The van der Waals surface area contributed by atoms with Crippen LogP contribution in [0.3, 0.4) is 0 Å². The molecule has 3 rings (SSSR count). The highest BCUT2D eigenvalue weighted by Gasteiger charge is 2.26. The summed E-state index contributed by atoms with van der Waals surface area (Å²) in [6.45, 7) is 9.69. The summed E-state index contributed by atoms with van der Waals surface area (Å²) in [5, 5.41) is 0. The van der Waals surface area contributed by atoms with Gasteiger partial charge in [-0.1, -0.05) is 0 Å². The molecule has 116 valence electrons. The van der Waals surface area contributed by atoms with Crippen LogP contribution in [0.1, 0.15) is 36.2 Å². The number of nitrogens with zero attached hydrogens (tertiary/aromatic N) is 3. The molecule has 0 radical (unpaired) electrons. The molecule has 2 saturated heterocycles. The standard InChI is InChI=1S/C16H25N3O2/c1-12-9-13(2)18-16(17-12)15-11-19(5-8-21-15)10-14-3-6-20-7-4-14/h9,14-15H,3-8,10-11H2,1-2H3. The molecule has 3 heterocycles. The minimum atomic E-state index is 0.0113. The minimum absolute atomic E-state index is 0.0113. The number of aromatic nitrogens is 2. The third kappa shape index (κ3) is 3.99. The highest BCUT2D eigenvalue weighted by Crippen LogP contribution is 2.23. The Morgan fingerprint density at radius 2 is 1.86 bits per heavy atom. The maximum Gasteiger partial charge on any atom is 0.158 e. The average molecular weight is 291 g/mol. The van der Waals surface area contributed by atoms with Gasteiger partial charge in [-0.25, -0.2) is 9.97 Å². The van der Waals surface area contributed by atoms with Crippen LogP contribution in [0.25, 0.3) is 0 Å². The van der Waals surface area contributed by atoms with E-state index in [2.05, 4.69) is 14.9 Å². The van der Waals surface area contributed by atoms with Crippen molar-refractivity contribution in [2.24, 2.45) is 5.92 Å². The van der Waals surface area contributed by atoms with Gasteiger partial charge in [-0.15, -0.1) is 0 Å². The number of aryl methyl sites for hydroxylation is 2. The molecular formula is C16H25N3O2. The molecule has 1 aromatic heterocycles. The number of rotatable bonds is 3. The first-order chi connectivity index (χ1) is 10.2. The van der Waals surface area contributed by atoms with Crippen molar-refractivity contribution < 1.29 is 9.47 Å². The molecule has 0 bridgehead atoms. The van der Waals surface area contributed by atoms with Crippen molar-refractivity contribution in [3.63, 3.8) is 0 Å². The van der Waals surface area contributed by atoms with Crippen LogP contribution in [-0.4, -0.2) is 54.3 Å². The maximum absolute atomic E-state index is 5.90. The number of hydrogen-bond donors (Lipinski definition) is 0. The summed E-state index contributed by atoms with van der Waals surface area (Å²) in [5.74, 6) is 1.60. The zero-order valence-corrected chi connectivity index (χ0v) is 13.0. The van der Waals surface area contributed by atoms with Crippen molar-refractivity contribution in [2.45, 2.75) is 32.8 Å². The molecule has 0 saturated carbocycles. The molecule has 1 unspecified atom stereocenters. The molecule has 0 aliphatic carbocycles. The smallest absolute Gasteiger partial charge is 0.158 e. The molecule has 5 heteroatoms. The molecule has 0 aromatic carbocycles. The Bertz CT molecular complexity index is 454. The first-order valence-corrected chi connectivity index (χ1v) is 7.94. The first kappa shape index (κ1) is 14.9. The monoisotopic (exact) mass is 291 g/mol. The van der Waals surface area contributed by atoms with E-state index in [0.717, 1.165) is 62.6 Å². The predicted molar refractivity (Wildman–Crippen MR) is 80.2 cm³/mol. The molecule has 0 amide bonds. The van der Waals surface area contributed by atoms with Crippen molar-refractivity contribution in [1.29, 1.82) is 0 Å². The third-order valence-electron chi connectivity index (χ3n) is 4.30. The Kier molecular flexibility index (Phi) is 4.83. The number of morpholine rings is 1. The first-order valence-electron chi connectivity index (χ1n) is 7.94. The SMILES string of the molecule is Cc1cc(C)nc(C2CN(CC3CCOCC3)CCO2)n1. The van der Waals surface area contributed by atoms with Crippen LogP contribution in [0.2, 0.25) is 0 Å². The molecule has 1 atom stereocenters. The van der Waals surface area contributed by atoms with Crippen molar-refractivity contribution in [1.82, 2.24) is 14.9 Å². The van der Waals surface area contributed by atoms with Crippen LogP contribution >= 0.6 is 0 Å². The Morgan fingerprint density at radius 3 is 2.57 bits per heavy atom. The normalized spacial score (nSPS) is 25.1. The number of hydrogen-bond acceptors (Lipinski definition) is 5. The largest absolute Gasteiger partial charge is 0.381 e. The minimum Gasteiger partial charge on any atom is -0.381 e. The van der Waals surface area contributed by atoms with E-state index >= 15 is 0 Å². The topological polar surface area (TPSA) is 47.5 Å². The van der Waals surface area contributed by atoms with Gasteiger partial charge in [0.1, 0.15) is 6.10 Å². The molecule has 1 aromatic rings. The fourth-order valence-electron chi connectivity index (χ4n) is 3.22. The molecule has 0 N–H and O–H groups in total. The average Bonchev–Trinajstić information content (AvgIpc) is 2.47. The zero-order chi connectivity index (χ0) is 14.7. The lowest BCUT2D eigenvalue weighted by atomic mass is 9.99. The Morgan fingerprint density at radius 1 is 1.14 bits per heavy atom. The van der Waals surface area contributed by atoms with Crippen molar-refractivity contribution >= 4 is 0 Å². The van der Waals surface area contributed by atoms with E-state index in [1.807, 2.05) is 19.9 Å². The van der Waals surface area contributed by atoms with Gasteiger partial charge in [0.15, 0.2) is 5.82 Å². The van der Waals surface area contributed by atoms with Crippen LogP contribution in [0.15, 0.2) is 6.07 Å². The molecule has 2 fully saturated rings. The lowest BCUT2D eigenvalue weighted by Crippen LogP contribution is -2.42. The molecule has 0 spiro atoms. The van der Waals surface area contributed by atoms with Gasteiger partial charge in [0, 0.05) is 44.2 Å². The van der Waals surface area contributed by atoms with Crippen molar-refractivity contribution in [3.8, 4) is 0 Å². The summed E-state index contributed by atoms with van der Waals surface area (Å²) in [5.41, 5.74) is 2.03. The van der Waals surface area contributed by atoms with E-state index in [1.54, 1.807) is 0 Å². The van der Waals surface area contributed by atoms with Gasteiger partial charge in [-0.05, 0) is 38.7 Å². The lowest BCUT2D eigenvalue weighted by molar-refractivity contribution is -0.0450. The Balaban J connectivity index is 1.62. The van der Waals surface area contributed by atoms with E-state index in [-0.39, 0.29) is 6.10 Å². The summed E-state index contributed by atoms with van der Waals surface area (Å²) in [4.78, 5) is 11.6. The second kappa shape index (κ2) is 6.81. The second-order valence-electron chi connectivity index (χ2n) is 6.18. The van der Waals surface area contributed by atoms with Crippen LogP contribution in [-0.2, 0) is 9.47 Å². The summed E-state index contributed by atoms with van der Waals surface area (Å²) in [6, 6.07) is 2.01. The lowest BCUT2D eigenvalue weighted by Gasteiger charge is -2.35. The van der Waals surface area contributed by atoms with Gasteiger partial charge in [0.05, 0.1) is 6.61 Å². The molecular weight excluding hydrogens is 266 g/mol. The molecule has 2 aliphatic heterocycles. The van der Waals surface area contributed by atoms with Gasteiger partial charge in [0.25, 0.3) is 0 Å². The van der Waals surface area contributed by atoms with E-state index in [0.29, 0.717) is 0 Å². The molecule has 5 nitrogen and oxygen atoms in total. The van der Waals surface area contributed by atoms with Gasteiger partial charge in [0.2, 0.25) is 0 Å². The summed E-state index contributed by atoms with van der Waals surface area (Å²) in [6.07, 6.45) is 2.38. The van der Waals surface area contributed by atoms with Gasteiger partial charge < -0.3 is 9.47 Å². The van der Waals surface area contributed by atoms with E-state index in [4.69, 9.17) is 9.47 Å². The Labute approximate surface area is 126 Å². The van der Waals surface area contributed by atoms with Gasteiger partial charge in [-0.3, -0.25) is 4.90 Å². The summed E-state index contributed by atoms with van der Waals surface area (Å²) >= 11 is 0. The highest BCUT2D eigenvalue weighted by molar-refractivity contribution is 5.10. The van der Waals surface area contributed by atoms with Crippen LogP contribution < -0.4 is 0 Å². The summed E-state index contributed by atoms with van der Waals surface area (Å²) < 4.78 is 11.3. The fourth-order valence-corrected chi connectivity index (χ4v) is 3.22. The molecule has 21 heavy (non-hydrogen) atoms. The van der Waals surface area contributed by atoms with E-state index < -0.39 is 0 Å².